The van der Waals surface area contributed by atoms with E-state index in [2.05, 4.69) is 32.1 Å². The van der Waals surface area contributed by atoms with Crippen molar-refractivity contribution in [1.29, 1.82) is 0 Å². The molecule has 1 aliphatic heterocycles. The van der Waals surface area contributed by atoms with Crippen molar-refractivity contribution < 1.29 is 4.74 Å². The number of benzene rings is 1. The summed E-state index contributed by atoms with van der Waals surface area (Å²) in [4.78, 5) is 22.1. The number of aromatic amines is 1. The van der Waals surface area contributed by atoms with Crippen LogP contribution in [0.3, 0.4) is 0 Å². The summed E-state index contributed by atoms with van der Waals surface area (Å²) in [6.07, 6.45) is 3.77. The van der Waals surface area contributed by atoms with E-state index < -0.39 is 0 Å². The van der Waals surface area contributed by atoms with E-state index in [4.69, 9.17) is 4.74 Å². The van der Waals surface area contributed by atoms with E-state index >= 15 is 0 Å². The third-order valence-electron chi connectivity index (χ3n) is 4.85. The van der Waals surface area contributed by atoms with Gasteiger partial charge in [0.05, 0.1) is 19.9 Å². The van der Waals surface area contributed by atoms with Crippen molar-refractivity contribution in [3.05, 3.63) is 52.2 Å². The van der Waals surface area contributed by atoms with Gasteiger partial charge in [-0.2, -0.15) is 5.10 Å². The van der Waals surface area contributed by atoms with Crippen molar-refractivity contribution in [2.45, 2.75) is 25.4 Å². The molecule has 3 heterocycles. The molecule has 25 heavy (non-hydrogen) atoms. The number of nitrogens with zero attached hydrogens (tertiary/aromatic N) is 4. The van der Waals surface area contributed by atoms with Gasteiger partial charge >= 0.3 is 0 Å². The van der Waals surface area contributed by atoms with Gasteiger partial charge in [0, 0.05) is 13.1 Å². The maximum atomic E-state index is 12.2. The predicted molar refractivity (Wildman–Crippen MR) is 94.5 cm³/mol. The molecule has 0 spiro atoms. The van der Waals surface area contributed by atoms with E-state index in [0.29, 0.717) is 29.4 Å². The van der Waals surface area contributed by atoms with Gasteiger partial charge in [-0.3, -0.25) is 14.4 Å². The van der Waals surface area contributed by atoms with Gasteiger partial charge in [-0.25, -0.2) is 4.98 Å². The van der Waals surface area contributed by atoms with E-state index in [9.17, 15) is 4.79 Å². The lowest BCUT2D eigenvalue weighted by molar-refractivity contribution is 0.242. The molecule has 0 unspecified atom stereocenters. The zero-order valence-corrected chi connectivity index (χ0v) is 14.4. The van der Waals surface area contributed by atoms with Gasteiger partial charge in [0.2, 0.25) is 0 Å². The van der Waals surface area contributed by atoms with Crippen molar-refractivity contribution in [3.63, 3.8) is 0 Å². The van der Waals surface area contributed by atoms with E-state index in [-0.39, 0.29) is 5.56 Å². The van der Waals surface area contributed by atoms with Crippen LogP contribution >= 0.6 is 0 Å². The Balaban J connectivity index is 1.63. The third-order valence-corrected chi connectivity index (χ3v) is 4.85. The standard InChI is InChI=1S/C18H21N5O2/c1-22-17-14(10-19-22)18(24)21-16(20-17)11-23-8-4-7-15(23)12-5-3-6-13(9-12)25-2/h3,5-6,9-10,15H,4,7-8,11H2,1-2H3,(H,20,21,24)/t15-/m1/s1. The lowest BCUT2D eigenvalue weighted by Gasteiger charge is -2.24. The molecule has 0 saturated carbocycles. The number of hydrogen-bond donors (Lipinski definition) is 1. The molecule has 1 atom stereocenters. The highest BCUT2D eigenvalue weighted by molar-refractivity contribution is 5.72. The quantitative estimate of drug-likeness (QED) is 0.787. The van der Waals surface area contributed by atoms with Gasteiger partial charge in [-0.05, 0) is 37.1 Å². The second-order valence-electron chi connectivity index (χ2n) is 6.42. The van der Waals surface area contributed by atoms with E-state index in [1.807, 2.05) is 12.1 Å². The molecule has 1 aliphatic rings. The Morgan fingerprint density at radius 3 is 3.12 bits per heavy atom. The third kappa shape index (κ3) is 2.91. The minimum absolute atomic E-state index is 0.134. The van der Waals surface area contributed by atoms with Crippen molar-refractivity contribution in [2.24, 2.45) is 7.05 Å². The zero-order chi connectivity index (χ0) is 17.4. The van der Waals surface area contributed by atoms with Crippen LogP contribution in [-0.4, -0.2) is 38.3 Å². The maximum absolute atomic E-state index is 12.2. The van der Waals surface area contributed by atoms with Crippen LogP contribution in [0.4, 0.5) is 0 Å². The summed E-state index contributed by atoms with van der Waals surface area (Å²) in [5.74, 6) is 1.54. The normalized spacial score (nSPS) is 18.1. The Labute approximate surface area is 145 Å². The summed E-state index contributed by atoms with van der Waals surface area (Å²) >= 11 is 0. The highest BCUT2D eigenvalue weighted by atomic mass is 16.5. The van der Waals surface area contributed by atoms with Crippen LogP contribution in [0.25, 0.3) is 11.0 Å². The summed E-state index contributed by atoms with van der Waals surface area (Å²) in [6.45, 7) is 1.59. The first-order chi connectivity index (χ1) is 12.2. The molecular weight excluding hydrogens is 318 g/mol. The number of methoxy groups -OCH3 is 1. The molecule has 2 aromatic heterocycles. The number of hydrogen-bond acceptors (Lipinski definition) is 5. The zero-order valence-electron chi connectivity index (χ0n) is 14.4. The minimum atomic E-state index is -0.134. The average molecular weight is 339 g/mol. The first-order valence-electron chi connectivity index (χ1n) is 8.44. The number of aryl methyl sites for hydroxylation is 1. The molecule has 0 amide bonds. The number of likely N-dealkylation sites (tertiary alicyclic amines) is 1. The lowest BCUT2D eigenvalue weighted by Crippen LogP contribution is -2.25. The van der Waals surface area contributed by atoms with Gasteiger partial charge in [0.1, 0.15) is 17.0 Å². The van der Waals surface area contributed by atoms with Crippen molar-refractivity contribution >= 4 is 11.0 Å². The van der Waals surface area contributed by atoms with Gasteiger partial charge < -0.3 is 9.72 Å². The Hall–Kier alpha value is -2.67. The summed E-state index contributed by atoms with van der Waals surface area (Å²) < 4.78 is 6.98. The summed E-state index contributed by atoms with van der Waals surface area (Å²) in [5.41, 5.74) is 1.72. The maximum Gasteiger partial charge on any atom is 0.262 e. The number of ether oxygens (including phenoxy) is 1. The second-order valence-corrected chi connectivity index (χ2v) is 6.42. The lowest BCUT2D eigenvalue weighted by atomic mass is 10.0. The van der Waals surface area contributed by atoms with Crippen LogP contribution in [0.5, 0.6) is 5.75 Å². The van der Waals surface area contributed by atoms with Gasteiger partial charge in [0.25, 0.3) is 5.56 Å². The molecule has 7 heteroatoms. The Bertz CT molecular complexity index is 961. The molecule has 0 bridgehead atoms. The molecule has 7 nitrogen and oxygen atoms in total. The Morgan fingerprint density at radius 1 is 1.40 bits per heavy atom. The van der Waals surface area contributed by atoms with Crippen molar-refractivity contribution in [2.75, 3.05) is 13.7 Å². The van der Waals surface area contributed by atoms with Crippen LogP contribution < -0.4 is 10.3 Å². The Kier molecular flexibility index (Phi) is 4.01. The minimum Gasteiger partial charge on any atom is -0.497 e. The van der Waals surface area contributed by atoms with Crippen LogP contribution in [-0.2, 0) is 13.6 Å². The van der Waals surface area contributed by atoms with E-state index in [0.717, 1.165) is 25.1 Å². The number of aromatic nitrogens is 4. The number of nitrogens with one attached hydrogen (secondary N) is 1. The average Bonchev–Trinajstić information content (AvgIpc) is 3.23. The van der Waals surface area contributed by atoms with Gasteiger partial charge in [-0.15, -0.1) is 0 Å². The molecule has 3 aromatic rings. The Morgan fingerprint density at radius 2 is 2.28 bits per heavy atom. The summed E-state index contributed by atoms with van der Waals surface area (Å²) in [7, 11) is 3.48. The number of fused-ring (bicyclic) bond motifs is 1. The smallest absolute Gasteiger partial charge is 0.262 e. The first-order valence-corrected chi connectivity index (χ1v) is 8.44. The fourth-order valence-corrected chi connectivity index (χ4v) is 3.59. The molecule has 1 aromatic carbocycles. The number of H-pyrrole nitrogens is 1. The highest BCUT2D eigenvalue weighted by Crippen LogP contribution is 2.34. The summed E-state index contributed by atoms with van der Waals surface area (Å²) in [5, 5.41) is 4.64. The molecule has 130 valence electrons. The molecule has 1 N–H and O–H groups in total. The largest absolute Gasteiger partial charge is 0.497 e. The molecule has 0 radical (unpaired) electrons. The van der Waals surface area contributed by atoms with Gasteiger partial charge in [-0.1, -0.05) is 12.1 Å². The van der Waals surface area contributed by atoms with Crippen molar-refractivity contribution in [3.8, 4) is 5.75 Å². The molecular formula is C18H21N5O2. The predicted octanol–water partition coefficient (Wildman–Crippen LogP) is 2.00. The molecule has 0 aliphatic carbocycles. The van der Waals surface area contributed by atoms with Crippen LogP contribution in [0.1, 0.15) is 30.3 Å². The molecule has 1 saturated heterocycles. The fourth-order valence-electron chi connectivity index (χ4n) is 3.59. The van der Waals surface area contributed by atoms with Crippen LogP contribution in [0.15, 0.2) is 35.3 Å². The van der Waals surface area contributed by atoms with E-state index in [1.54, 1.807) is 25.0 Å². The van der Waals surface area contributed by atoms with Gasteiger partial charge in [0.15, 0.2) is 5.65 Å². The molecule has 4 rings (SSSR count). The number of rotatable bonds is 4. The second kappa shape index (κ2) is 6.33. The topological polar surface area (TPSA) is 76.0 Å². The first kappa shape index (κ1) is 15.8. The van der Waals surface area contributed by atoms with Crippen molar-refractivity contribution in [1.82, 2.24) is 24.6 Å². The van der Waals surface area contributed by atoms with Crippen LogP contribution in [0.2, 0.25) is 0 Å². The highest BCUT2D eigenvalue weighted by Gasteiger charge is 2.27. The fraction of sp³-hybridized carbons (Fsp3) is 0.389. The molecule has 1 fully saturated rings. The summed E-state index contributed by atoms with van der Waals surface area (Å²) in [6, 6.07) is 8.50. The monoisotopic (exact) mass is 339 g/mol. The van der Waals surface area contributed by atoms with Crippen LogP contribution in [0, 0.1) is 0 Å². The van der Waals surface area contributed by atoms with E-state index in [1.165, 1.54) is 5.56 Å². The SMILES string of the molecule is COc1cccc([C@H]2CCCN2Cc2nc3c(cnn3C)c(=O)[nH]2)c1.